The van der Waals surface area contributed by atoms with Gasteiger partial charge in [0, 0.05) is 12.6 Å². The molecule has 0 fully saturated rings. The fraction of sp³-hybridized carbons (Fsp3) is 0.500. The summed E-state index contributed by atoms with van der Waals surface area (Å²) in [5, 5.41) is 21.0. The van der Waals surface area contributed by atoms with Crippen molar-refractivity contribution >= 4 is 0 Å². The molecule has 0 bridgehead atoms. The van der Waals surface area contributed by atoms with Crippen LogP contribution in [0.1, 0.15) is 12.5 Å². The number of rotatable bonds is 6. The van der Waals surface area contributed by atoms with E-state index in [-0.39, 0.29) is 6.61 Å². The monoisotopic (exact) mass is 209 g/mol. The van der Waals surface area contributed by atoms with Crippen molar-refractivity contribution in [1.29, 1.82) is 0 Å². The Balaban J connectivity index is 2.27. The summed E-state index contributed by atoms with van der Waals surface area (Å²) in [4.78, 5) is 0. The van der Waals surface area contributed by atoms with Gasteiger partial charge < -0.3 is 15.5 Å². The van der Waals surface area contributed by atoms with Gasteiger partial charge in [0.15, 0.2) is 0 Å². The first-order chi connectivity index (χ1) is 7.22. The van der Waals surface area contributed by atoms with E-state index >= 15 is 0 Å². The topological polar surface area (TPSA) is 52.5 Å². The van der Waals surface area contributed by atoms with E-state index in [1.165, 1.54) is 5.56 Å². The average Bonchev–Trinajstić information content (AvgIpc) is 2.27. The molecule has 0 heterocycles. The van der Waals surface area contributed by atoms with Gasteiger partial charge in [0.2, 0.25) is 0 Å². The van der Waals surface area contributed by atoms with Crippen molar-refractivity contribution in [3.05, 3.63) is 35.9 Å². The lowest BCUT2D eigenvalue weighted by molar-refractivity contribution is 0.0924. The van der Waals surface area contributed by atoms with Crippen LogP contribution in [0.15, 0.2) is 30.3 Å². The number of aliphatic hydroxyl groups excluding tert-OH is 2. The van der Waals surface area contributed by atoms with Gasteiger partial charge in [-0.3, -0.25) is 0 Å². The maximum absolute atomic E-state index is 9.16. The van der Waals surface area contributed by atoms with E-state index in [2.05, 4.69) is 24.4 Å². The summed E-state index contributed by atoms with van der Waals surface area (Å²) in [6.07, 6.45) is 0.266. The first-order valence-electron chi connectivity index (χ1n) is 5.28. The van der Waals surface area contributed by atoms with Gasteiger partial charge in [0.25, 0.3) is 0 Å². The minimum absolute atomic E-state index is 0.189. The fourth-order valence-electron chi connectivity index (χ4n) is 1.44. The molecule has 3 nitrogen and oxygen atoms in total. The molecule has 0 saturated carbocycles. The highest BCUT2D eigenvalue weighted by molar-refractivity contribution is 5.15. The maximum atomic E-state index is 9.16. The second kappa shape index (κ2) is 6.56. The van der Waals surface area contributed by atoms with Gasteiger partial charge in [-0.05, 0) is 18.9 Å². The zero-order valence-electron chi connectivity index (χ0n) is 9.06. The smallest absolute Gasteiger partial charge is 0.0895 e. The van der Waals surface area contributed by atoms with E-state index in [9.17, 15) is 0 Å². The highest BCUT2D eigenvalue weighted by Gasteiger charge is 2.06. The van der Waals surface area contributed by atoms with Crippen LogP contribution in [0.3, 0.4) is 0 Å². The number of hydrogen-bond donors (Lipinski definition) is 3. The minimum Gasteiger partial charge on any atom is -0.394 e. The Morgan fingerprint density at radius 1 is 1.27 bits per heavy atom. The van der Waals surface area contributed by atoms with Crippen molar-refractivity contribution in [3.8, 4) is 0 Å². The molecular formula is C12H19NO2. The lowest BCUT2D eigenvalue weighted by Crippen LogP contribution is -2.36. The third-order valence-electron chi connectivity index (χ3n) is 2.30. The van der Waals surface area contributed by atoms with Crippen LogP contribution in [0, 0.1) is 0 Å². The SMILES string of the molecule is C[C@H](Cc1ccccc1)NC[C@H](O)CO. The summed E-state index contributed by atoms with van der Waals surface area (Å²) in [6, 6.07) is 10.5. The number of benzene rings is 1. The third-order valence-corrected chi connectivity index (χ3v) is 2.30. The Hall–Kier alpha value is -0.900. The van der Waals surface area contributed by atoms with E-state index in [1.807, 2.05) is 18.2 Å². The zero-order valence-corrected chi connectivity index (χ0v) is 9.06. The van der Waals surface area contributed by atoms with Crippen LogP contribution in [-0.4, -0.2) is 35.5 Å². The Labute approximate surface area is 90.8 Å². The standard InChI is InChI=1S/C12H19NO2/c1-10(13-8-12(15)9-14)7-11-5-3-2-4-6-11/h2-6,10,12-15H,7-9H2,1H3/t10-,12+/m1/s1. The van der Waals surface area contributed by atoms with Crippen LogP contribution >= 0.6 is 0 Å². The highest BCUT2D eigenvalue weighted by Crippen LogP contribution is 2.02. The molecule has 0 unspecified atom stereocenters. The Morgan fingerprint density at radius 2 is 1.93 bits per heavy atom. The molecule has 1 aromatic rings. The van der Waals surface area contributed by atoms with Gasteiger partial charge in [-0.25, -0.2) is 0 Å². The molecule has 1 rings (SSSR count). The zero-order chi connectivity index (χ0) is 11.1. The van der Waals surface area contributed by atoms with Crippen molar-refractivity contribution in [2.75, 3.05) is 13.2 Å². The van der Waals surface area contributed by atoms with Gasteiger partial charge in [-0.15, -0.1) is 0 Å². The summed E-state index contributed by atoms with van der Waals surface area (Å²) < 4.78 is 0. The number of hydrogen-bond acceptors (Lipinski definition) is 3. The summed E-state index contributed by atoms with van der Waals surface area (Å²) in [5.41, 5.74) is 1.27. The van der Waals surface area contributed by atoms with E-state index < -0.39 is 6.10 Å². The highest BCUT2D eigenvalue weighted by atomic mass is 16.3. The second-order valence-corrected chi connectivity index (χ2v) is 3.84. The predicted molar refractivity (Wildman–Crippen MR) is 60.7 cm³/mol. The third kappa shape index (κ3) is 4.93. The molecule has 0 aliphatic heterocycles. The first-order valence-corrected chi connectivity index (χ1v) is 5.28. The predicted octanol–water partition coefficient (Wildman–Crippen LogP) is 0.560. The second-order valence-electron chi connectivity index (χ2n) is 3.84. The Kier molecular flexibility index (Phi) is 5.32. The molecule has 0 aromatic heterocycles. The van der Waals surface area contributed by atoms with Gasteiger partial charge in [0.1, 0.15) is 0 Å². The van der Waals surface area contributed by atoms with Crippen molar-refractivity contribution in [3.63, 3.8) is 0 Å². The van der Waals surface area contributed by atoms with Crippen LogP contribution in [-0.2, 0) is 6.42 Å². The Bertz CT molecular complexity index is 264. The maximum Gasteiger partial charge on any atom is 0.0895 e. The van der Waals surface area contributed by atoms with Crippen LogP contribution < -0.4 is 5.32 Å². The molecule has 3 heteroatoms. The normalized spacial score (nSPS) is 14.9. The average molecular weight is 209 g/mol. The molecule has 1 aromatic carbocycles. The van der Waals surface area contributed by atoms with Crippen LogP contribution in [0.5, 0.6) is 0 Å². The Morgan fingerprint density at radius 3 is 2.53 bits per heavy atom. The van der Waals surface area contributed by atoms with Crippen molar-refractivity contribution in [1.82, 2.24) is 5.32 Å². The molecular weight excluding hydrogens is 190 g/mol. The van der Waals surface area contributed by atoms with Gasteiger partial charge in [-0.1, -0.05) is 30.3 Å². The van der Waals surface area contributed by atoms with Crippen LogP contribution in [0.2, 0.25) is 0 Å². The largest absolute Gasteiger partial charge is 0.394 e. The quantitative estimate of drug-likeness (QED) is 0.641. The van der Waals surface area contributed by atoms with E-state index in [0.717, 1.165) is 6.42 Å². The van der Waals surface area contributed by atoms with Gasteiger partial charge in [0.05, 0.1) is 12.7 Å². The lowest BCUT2D eigenvalue weighted by atomic mass is 10.1. The molecule has 0 aliphatic carbocycles. The fourth-order valence-corrected chi connectivity index (χ4v) is 1.44. The molecule has 0 spiro atoms. The van der Waals surface area contributed by atoms with Crippen LogP contribution in [0.4, 0.5) is 0 Å². The number of aliphatic hydroxyl groups is 2. The van der Waals surface area contributed by atoms with Gasteiger partial charge >= 0.3 is 0 Å². The van der Waals surface area contributed by atoms with Crippen molar-refractivity contribution < 1.29 is 10.2 Å². The summed E-state index contributed by atoms with van der Waals surface area (Å²) in [6.45, 7) is 2.31. The molecule has 15 heavy (non-hydrogen) atoms. The van der Waals surface area contributed by atoms with Crippen molar-refractivity contribution in [2.24, 2.45) is 0 Å². The summed E-state index contributed by atoms with van der Waals surface area (Å²) in [7, 11) is 0. The van der Waals surface area contributed by atoms with E-state index in [0.29, 0.717) is 12.6 Å². The first kappa shape index (κ1) is 12.2. The molecule has 2 atom stereocenters. The van der Waals surface area contributed by atoms with E-state index in [4.69, 9.17) is 10.2 Å². The molecule has 0 saturated heterocycles. The summed E-state index contributed by atoms with van der Waals surface area (Å²) in [5.74, 6) is 0. The molecule has 0 radical (unpaired) electrons. The van der Waals surface area contributed by atoms with Crippen molar-refractivity contribution in [2.45, 2.75) is 25.5 Å². The van der Waals surface area contributed by atoms with E-state index in [1.54, 1.807) is 0 Å². The molecule has 3 N–H and O–H groups in total. The minimum atomic E-state index is -0.664. The molecule has 84 valence electrons. The van der Waals surface area contributed by atoms with Crippen LogP contribution in [0.25, 0.3) is 0 Å². The number of nitrogens with one attached hydrogen (secondary N) is 1. The molecule has 0 aliphatic rings. The van der Waals surface area contributed by atoms with Gasteiger partial charge in [-0.2, -0.15) is 0 Å². The summed E-state index contributed by atoms with van der Waals surface area (Å²) >= 11 is 0. The molecule has 0 amide bonds. The lowest BCUT2D eigenvalue weighted by Gasteiger charge is -2.15.